The number of nitrogens with zero attached hydrogens (tertiary/aromatic N) is 2. The van der Waals surface area contributed by atoms with Crippen LogP contribution >= 0.6 is 0 Å². The van der Waals surface area contributed by atoms with Crippen LogP contribution in [0.4, 0.5) is 0 Å². The molecule has 148 valence electrons. The van der Waals surface area contributed by atoms with Crippen molar-refractivity contribution >= 4 is 16.9 Å². The second-order valence-electron chi connectivity index (χ2n) is 6.85. The van der Waals surface area contributed by atoms with Gasteiger partial charge in [-0.05, 0) is 36.2 Å². The maximum Gasteiger partial charge on any atom is 0.258 e. The number of para-hydroxylation sites is 3. The summed E-state index contributed by atoms with van der Waals surface area (Å²) < 4.78 is 5.57. The van der Waals surface area contributed by atoms with Crippen molar-refractivity contribution in [3.05, 3.63) is 95.8 Å². The molecule has 4 rings (SSSR count). The zero-order valence-corrected chi connectivity index (χ0v) is 16.2. The Labute approximate surface area is 174 Å². The van der Waals surface area contributed by atoms with Crippen molar-refractivity contribution in [3.8, 4) is 11.8 Å². The highest BCUT2D eigenvalue weighted by Gasteiger charge is 2.19. The lowest BCUT2D eigenvalue weighted by molar-refractivity contribution is -0.123. The number of aromatic nitrogens is 2. The molecule has 3 aromatic carbocycles. The third-order valence-corrected chi connectivity index (χ3v) is 4.72. The molecule has 6 nitrogen and oxygen atoms in total. The number of nitriles is 1. The molecule has 4 aromatic rings. The van der Waals surface area contributed by atoms with Crippen LogP contribution in [0.1, 0.15) is 23.0 Å². The summed E-state index contributed by atoms with van der Waals surface area (Å²) in [5, 5.41) is 12.2. The van der Waals surface area contributed by atoms with Gasteiger partial charge in [-0.15, -0.1) is 0 Å². The van der Waals surface area contributed by atoms with Crippen LogP contribution in [-0.2, 0) is 11.2 Å². The van der Waals surface area contributed by atoms with E-state index in [9.17, 15) is 4.79 Å². The Morgan fingerprint density at radius 2 is 1.77 bits per heavy atom. The van der Waals surface area contributed by atoms with Crippen LogP contribution in [-0.4, -0.2) is 22.5 Å². The van der Waals surface area contributed by atoms with E-state index in [0.29, 0.717) is 23.6 Å². The second kappa shape index (κ2) is 8.93. The standard InChI is InChI=1S/C24H20N4O2/c25-15-18-10-4-7-13-22(18)30-16-23(29)26-21(14-17-8-2-1-3-9-17)24-27-19-11-5-6-12-20(19)28-24/h1-13,21H,14,16H2,(H,26,29)(H,27,28)/t21-/m0/s1. The third-order valence-electron chi connectivity index (χ3n) is 4.72. The smallest absolute Gasteiger partial charge is 0.258 e. The molecule has 0 aliphatic carbocycles. The van der Waals surface area contributed by atoms with Crippen molar-refractivity contribution in [2.75, 3.05) is 6.61 Å². The Morgan fingerprint density at radius 1 is 1.03 bits per heavy atom. The number of imidazole rings is 1. The number of carbonyl (C=O) groups excluding carboxylic acids is 1. The topological polar surface area (TPSA) is 90.8 Å². The van der Waals surface area contributed by atoms with Gasteiger partial charge in [-0.25, -0.2) is 4.98 Å². The van der Waals surface area contributed by atoms with E-state index >= 15 is 0 Å². The summed E-state index contributed by atoms with van der Waals surface area (Å²) in [4.78, 5) is 20.6. The van der Waals surface area contributed by atoms with Crippen molar-refractivity contribution < 1.29 is 9.53 Å². The number of hydrogen-bond acceptors (Lipinski definition) is 4. The number of H-pyrrole nitrogens is 1. The van der Waals surface area contributed by atoms with Gasteiger partial charge in [0.15, 0.2) is 6.61 Å². The summed E-state index contributed by atoms with van der Waals surface area (Å²) >= 11 is 0. The van der Waals surface area contributed by atoms with Gasteiger partial charge in [-0.3, -0.25) is 4.79 Å². The van der Waals surface area contributed by atoms with Crippen LogP contribution in [0.2, 0.25) is 0 Å². The lowest BCUT2D eigenvalue weighted by atomic mass is 10.1. The van der Waals surface area contributed by atoms with Crippen LogP contribution in [0.25, 0.3) is 11.0 Å². The molecule has 0 aliphatic rings. The van der Waals surface area contributed by atoms with E-state index in [4.69, 9.17) is 10.00 Å². The number of ether oxygens (including phenoxy) is 1. The first-order valence-corrected chi connectivity index (χ1v) is 9.63. The highest BCUT2D eigenvalue weighted by molar-refractivity contribution is 5.79. The van der Waals surface area contributed by atoms with E-state index in [1.807, 2.05) is 54.6 Å². The van der Waals surface area contributed by atoms with E-state index in [-0.39, 0.29) is 18.6 Å². The Morgan fingerprint density at radius 3 is 2.57 bits per heavy atom. The molecule has 0 radical (unpaired) electrons. The van der Waals surface area contributed by atoms with Gasteiger partial charge in [0, 0.05) is 0 Å². The Balaban J connectivity index is 1.52. The van der Waals surface area contributed by atoms with Crippen molar-refractivity contribution in [2.45, 2.75) is 12.5 Å². The molecule has 30 heavy (non-hydrogen) atoms. The number of fused-ring (bicyclic) bond motifs is 1. The van der Waals surface area contributed by atoms with Gasteiger partial charge in [-0.2, -0.15) is 5.26 Å². The van der Waals surface area contributed by atoms with E-state index in [1.54, 1.807) is 24.3 Å². The third kappa shape index (κ3) is 4.47. The van der Waals surface area contributed by atoms with Crippen LogP contribution < -0.4 is 10.1 Å². The quantitative estimate of drug-likeness (QED) is 0.495. The largest absolute Gasteiger partial charge is 0.482 e. The molecule has 2 N–H and O–H groups in total. The lowest BCUT2D eigenvalue weighted by Gasteiger charge is -2.17. The zero-order chi connectivity index (χ0) is 20.8. The van der Waals surface area contributed by atoms with Gasteiger partial charge in [0.25, 0.3) is 5.91 Å². The molecule has 1 atom stereocenters. The van der Waals surface area contributed by atoms with Gasteiger partial charge >= 0.3 is 0 Å². The number of carbonyl (C=O) groups is 1. The summed E-state index contributed by atoms with van der Waals surface area (Å²) in [5.74, 6) is 0.786. The number of amides is 1. The number of hydrogen-bond donors (Lipinski definition) is 2. The Hall–Kier alpha value is -4.11. The first-order chi connectivity index (χ1) is 14.7. The molecule has 0 unspecified atom stereocenters. The predicted molar refractivity (Wildman–Crippen MR) is 114 cm³/mol. The maximum absolute atomic E-state index is 12.6. The Kier molecular flexibility index (Phi) is 5.72. The molecule has 0 saturated carbocycles. The highest BCUT2D eigenvalue weighted by atomic mass is 16.5. The van der Waals surface area contributed by atoms with Crippen molar-refractivity contribution in [2.24, 2.45) is 0 Å². The summed E-state index contributed by atoms with van der Waals surface area (Å²) in [6.45, 7) is -0.190. The van der Waals surface area contributed by atoms with Crippen LogP contribution in [0.15, 0.2) is 78.9 Å². The van der Waals surface area contributed by atoms with E-state index < -0.39 is 0 Å². The van der Waals surface area contributed by atoms with Gasteiger partial charge in [0.1, 0.15) is 17.6 Å². The highest BCUT2D eigenvalue weighted by Crippen LogP contribution is 2.20. The Bertz CT molecular complexity index is 1160. The molecule has 0 fully saturated rings. The van der Waals surface area contributed by atoms with E-state index in [1.165, 1.54) is 0 Å². The van der Waals surface area contributed by atoms with Crippen molar-refractivity contribution in [1.29, 1.82) is 5.26 Å². The zero-order valence-electron chi connectivity index (χ0n) is 16.2. The summed E-state index contributed by atoms with van der Waals surface area (Å²) in [6.07, 6.45) is 0.585. The molecule has 1 heterocycles. The average Bonchev–Trinajstić information content (AvgIpc) is 3.22. The first-order valence-electron chi connectivity index (χ1n) is 9.63. The molecule has 0 bridgehead atoms. The molecule has 1 aromatic heterocycles. The minimum Gasteiger partial charge on any atom is -0.482 e. The number of rotatable bonds is 7. The van der Waals surface area contributed by atoms with Crippen LogP contribution in [0, 0.1) is 11.3 Å². The van der Waals surface area contributed by atoms with E-state index in [2.05, 4.69) is 21.4 Å². The van der Waals surface area contributed by atoms with E-state index in [0.717, 1.165) is 16.6 Å². The first kappa shape index (κ1) is 19.2. The monoisotopic (exact) mass is 396 g/mol. The molecule has 0 aliphatic heterocycles. The molecule has 0 saturated heterocycles. The van der Waals surface area contributed by atoms with Crippen LogP contribution in [0.5, 0.6) is 5.75 Å². The molecule has 0 spiro atoms. The average molecular weight is 396 g/mol. The fraction of sp³-hybridized carbons (Fsp3) is 0.125. The molecular weight excluding hydrogens is 376 g/mol. The van der Waals surface area contributed by atoms with Gasteiger partial charge in [0.2, 0.25) is 0 Å². The SMILES string of the molecule is N#Cc1ccccc1OCC(=O)N[C@@H](Cc1ccccc1)c1nc2ccccc2[nH]1. The summed E-state index contributed by atoms with van der Waals surface area (Å²) in [5.41, 5.74) is 3.24. The van der Waals surface area contributed by atoms with Gasteiger partial charge in [-0.1, -0.05) is 54.6 Å². The maximum atomic E-state index is 12.6. The van der Waals surface area contributed by atoms with Gasteiger partial charge in [0.05, 0.1) is 22.6 Å². The number of nitrogens with one attached hydrogen (secondary N) is 2. The van der Waals surface area contributed by atoms with Crippen molar-refractivity contribution in [3.63, 3.8) is 0 Å². The number of aromatic amines is 1. The summed E-state index contributed by atoms with van der Waals surface area (Å²) in [6, 6.07) is 26.2. The molecule has 6 heteroatoms. The lowest BCUT2D eigenvalue weighted by Crippen LogP contribution is -2.34. The molecule has 1 amide bonds. The predicted octanol–water partition coefficient (Wildman–Crippen LogP) is 3.91. The fourth-order valence-electron chi connectivity index (χ4n) is 3.27. The minimum absolute atomic E-state index is 0.190. The number of benzene rings is 3. The normalized spacial score (nSPS) is 11.6. The van der Waals surface area contributed by atoms with Gasteiger partial charge < -0.3 is 15.0 Å². The fourth-order valence-corrected chi connectivity index (χ4v) is 3.27. The summed E-state index contributed by atoms with van der Waals surface area (Å²) in [7, 11) is 0. The minimum atomic E-state index is -0.345. The van der Waals surface area contributed by atoms with Crippen LogP contribution in [0.3, 0.4) is 0 Å². The molecular formula is C24H20N4O2. The second-order valence-corrected chi connectivity index (χ2v) is 6.85. The van der Waals surface area contributed by atoms with Crippen molar-refractivity contribution in [1.82, 2.24) is 15.3 Å².